The molecule has 0 amide bonds. The lowest BCUT2D eigenvalue weighted by atomic mass is 10.2. The monoisotopic (exact) mass is 205 g/mol. The second kappa shape index (κ2) is 6.44. The molecule has 1 rings (SSSR count). The summed E-state index contributed by atoms with van der Waals surface area (Å²) in [6.45, 7) is 6.74. The third-order valence-electron chi connectivity index (χ3n) is 1.80. The standard InChI is InChI=1S/C12H15NS/c1-3-11(2)14-10-13-9-12-7-5-4-6-8-12/h4-8,10H,2-3,9H2,1H3. The highest BCUT2D eigenvalue weighted by atomic mass is 32.2. The van der Waals surface area contributed by atoms with Crippen LogP contribution in [0.1, 0.15) is 18.9 Å². The average molecular weight is 205 g/mol. The Hall–Kier alpha value is -1.02. The van der Waals surface area contributed by atoms with Gasteiger partial charge in [-0.3, -0.25) is 4.99 Å². The molecule has 0 atom stereocenters. The summed E-state index contributed by atoms with van der Waals surface area (Å²) in [5.74, 6) is 0. The lowest BCUT2D eigenvalue weighted by Crippen LogP contribution is -1.79. The fourth-order valence-electron chi connectivity index (χ4n) is 0.921. The SMILES string of the molecule is C=C(CC)SC=NCc1ccccc1. The summed E-state index contributed by atoms with van der Waals surface area (Å²) in [5, 5.41) is 0. The van der Waals surface area contributed by atoms with Crippen LogP contribution in [0, 0.1) is 0 Å². The first-order chi connectivity index (χ1) is 6.83. The van der Waals surface area contributed by atoms with Gasteiger partial charge in [0.15, 0.2) is 0 Å². The van der Waals surface area contributed by atoms with Crippen LogP contribution in [-0.2, 0) is 6.54 Å². The third kappa shape index (κ3) is 4.28. The zero-order valence-corrected chi connectivity index (χ0v) is 9.26. The molecule has 0 aliphatic heterocycles. The van der Waals surface area contributed by atoms with Gasteiger partial charge in [0.05, 0.1) is 12.1 Å². The number of aliphatic imine (C=N–C) groups is 1. The first-order valence-corrected chi connectivity index (χ1v) is 5.57. The topological polar surface area (TPSA) is 12.4 Å². The Balaban J connectivity index is 2.31. The molecule has 74 valence electrons. The van der Waals surface area contributed by atoms with Gasteiger partial charge in [-0.15, -0.1) is 0 Å². The highest BCUT2D eigenvalue weighted by Gasteiger charge is 1.88. The van der Waals surface area contributed by atoms with Gasteiger partial charge < -0.3 is 0 Å². The summed E-state index contributed by atoms with van der Waals surface area (Å²) in [7, 11) is 0. The van der Waals surface area contributed by atoms with Gasteiger partial charge in [0.25, 0.3) is 0 Å². The highest BCUT2D eigenvalue weighted by molar-refractivity contribution is 8.15. The number of thioether (sulfide) groups is 1. The smallest absolute Gasteiger partial charge is 0.0646 e. The molecule has 14 heavy (non-hydrogen) atoms. The van der Waals surface area contributed by atoms with Gasteiger partial charge in [0.2, 0.25) is 0 Å². The lowest BCUT2D eigenvalue weighted by molar-refractivity contribution is 1.08. The van der Waals surface area contributed by atoms with E-state index in [0.29, 0.717) is 0 Å². The first kappa shape index (κ1) is 11.1. The molecule has 1 nitrogen and oxygen atoms in total. The number of hydrogen-bond donors (Lipinski definition) is 0. The van der Waals surface area contributed by atoms with Gasteiger partial charge in [0.1, 0.15) is 0 Å². The van der Waals surface area contributed by atoms with E-state index in [0.717, 1.165) is 17.9 Å². The van der Waals surface area contributed by atoms with Crippen molar-refractivity contribution in [1.29, 1.82) is 0 Å². The van der Waals surface area contributed by atoms with Gasteiger partial charge in [-0.25, -0.2) is 0 Å². The molecule has 0 radical (unpaired) electrons. The fraction of sp³-hybridized carbons (Fsp3) is 0.250. The summed E-state index contributed by atoms with van der Waals surface area (Å²) >= 11 is 1.61. The highest BCUT2D eigenvalue weighted by Crippen LogP contribution is 2.13. The molecule has 1 aromatic carbocycles. The van der Waals surface area contributed by atoms with Gasteiger partial charge >= 0.3 is 0 Å². The molecule has 1 aromatic rings. The van der Waals surface area contributed by atoms with Gasteiger partial charge in [-0.2, -0.15) is 0 Å². The molecular weight excluding hydrogens is 190 g/mol. The molecule has 0 unspecified atom stereocenters. The molecule has 0 spiro atoms. The largest absolute Gasteiger partial charge is 0.281 e. The summed E-state index contributed by atoms with van der Waals surface area (Å²) in [5.41, 5.74) is 3.12. The van der Waals surface area contributed by atoms with Crippen molar-refractivity contribution >= 4 is 17.3 Å². The number of rotatable bonds is 5. The molecule has 0 aromatic heterocycles. The Labute approximate surface area is 89.9 Å². The van der Waals surface area contributed by atoms with Crippen molar-refractivity contribution in [3.05, 3.63) is 47.4 Å². The van der Waals surface area contributed by atoms with Crippen LogP contribution in [0.25, 0.3) is 0 Å². The predicted octanol–water partition coefficient (Wildman–Crippen LogP) is 3.87. The van der Waals surface area contributed by atoms with Crippen molar-refractivity contribution in [3.8, 4) is 0 Å². The van der Waals surface area contributed by atoms with Crippen LogP contribution in [0.3, 0.4) is 0 Å². The first-order valence-electron chi connectivity index (χ1n) is 4.69. The van der Waals surface area contributed by atoms with Crippen LogP contribution in [-0.4, -0.2) is 5.55 Å². The summed E-state index contributed by atoms with van der Waals surface area (Å²) in [6, 6.07) is 10.2. The Morgan fingerprint density at radius 2 is 2.14 bits per heavy atom. The average Bonchev–Trinajstić information content (AvgIpc) is 2.25. The molecule has 0 N–H and O–H groups in total. The minimum Gasteiger partial charge on any atom is -0.281 e. The van der Waals surface area contributed by atoms with E-state index < -0.39 is 0 Å². The number of benzene rings is 1. The van der Waals surface area contributed by atoms with Crippen LogP contribution in [0.15, 0.2) is 46.8 Å². The second-order valence-corrected chi connectivity index (χ2v) is 3.97. The van der Waals surface area contributed by atoms with Crippen molar-refractivity contribution in [3.63, 3.8) is 0 Å². The molecule has 0 fully saturated rings. The minimum absolute atomic E-state index is 0.755. The second-order valence-electron chi connectivity index (χ2n) is 2.94. The molecular formula is C12H15NS. The van der Waals surface area contributed by atoms with E-state index >= 15 is 0 Å². The van der Waals surface area contributed by atoms with Crippen molar-refractivity contribution in [1.82, 2.24) is 0 Å². The Kier molecular flexibility index (Phi) is 5.08. The van der Waals surface area contributed by atoms with Crippen LogP contribution >= 0.6 is 11.8 Å². The third-order valence-corrected chi connectivity index (χ3v) is 2.68. The normalized spacial score (nSPS) is 10.6. The van der Waals surface area contributed by atoms with Crippen molar-refractivity contribution in [2.24, 2.45) is 4.99 Å². The Bertz CT molecular complexity index is 303. The van der Waals surface area contributed by atoms with Crippen LogP contribution in [0.5, 0.6) is 0 Å². The Morgan fingerprint density at radius 1 is 1.43 bits per heavy atom. The Morgan fingerprint density at radius 3 is 2.79 bits per heavy atom. The maximum Gasteiger partial charge on any atom is 0.0646 e. The zero-order valence-electron chi connectivity index (χ0n) is 8.44. The van der Waals surface area contributed by atoms with E-state index in [1.807, 2.05) is 23.7 Å². The van der Waals surface area contributed by atoms with E-state index in [9.17, 15) is 0 Å². The van der Waals surface area contributed by atoms with Crippen molar-refractivity contribution in [2.45, 2.75) is 19.9 Å². The van der Waals surface area contributed by atoms with Gasteiger partial charge in [0, 0.05) is 0 Å². The molecule has 0 heterocycles. The number of nitrogens with zero attached hydrogens (tertiary/aromatic N) is 1. The summed E-state index contributed by atoms with van der Waals surface area (Å²) in [4.78, 5) is 5.46. The molecule has 0 bridgehead atoms. The van der Waals surface area contributed by atoms with Gasteiger partial charge in [-0.05, 0) is 16.9 Å². The van der Waals surface area contributed by atoms with Crippen LogP contribution < -0.4 is 0 Å². The maximum absolute atomic E-state index is 4.31. The van der Waals surface area contributed by atoms with Crippen LogP contribution in [0.4, 0.5) is 0 Å². The van der Waals surface area contributed by atoms with Crippen molar-refractivity contribution in [2.75, 3.05) is 0 Å². The van der Waals surface area contributed by atoms with Crippen molar-refractivity contribution < 1.29 is 0 Å². The molecule has 0 saturated heterocycles. The molecule has 2 heteroatoms. The van der Waals surface area contributed by atoms with E-state index in [-0.39, 0.29) is 0 Å². The van der Waals surface area contributed by atoms with E-state index in [1.165, 1.54) is 5.56 Å². The fourth-order valence-corrected chi connectivity index (χ4v) is 1.39. The lowest BCUT2D eigenvalue weighted by Gasteiger charge is -1.95. The van der Waals surface area contributed by atoms with E-state index in [4.69, 9.17) is 0 Å². The van der Waals surface area contributed by atoms with E-state index in [2.05, 4.69) is 30.6 Å². The summed E-state index contributed by atoms with van der Waals surface area (Å²) in [6.07, 6.45) is 1.00. The van der Waals surface area contributed by atoms with Crippen LogP contribution in [0.2, 0.25) is 0 Å². The summed E-state index contributed by atoms with van der Waals surface area (Å²) < 4.78 is 0. The quantitative estimate of drug-likeness (QED) is 0.525. The molecule has 0 aliphatic carbocycles. The van der Waals surface area contributed by atoms with E-state index in [1.54, 1.807) is 11.8 Å². The molecule has 0 saturated carbocycles. The zero-order chi connectivity index (χ0) is 10.2. The predicted molar refractivity (Wildman–Crippen MR) is 65.7 cm³/mol. The molecule has 0 aliphatic rings. The number of hydrogen-bond acceptors (Lipinski definition) is 2. The number of allylic oxidation sites excluding steroid dienone is 1. The van der Waals surface area contributed by atoms with Gasteiger partial charge in [-0.1, -0.05) is 55.6 Å². The maximum atomic E-state index is 4.31. The minimum atomic E-state index is 0.755.